The normalized spacial score (nSPS) is 20.5. The number of hydrogen-bond donors (Lipinski definition) is 1. The maximum atomic E-state index is 12.4. The second-order valence-corrected chi connectivity index (χ2v) is 6.49. The average Bonchev–Trinajstić information content (AvgIpc) is 2.56. The van der Waals surface area contributed by atoms with Gasteiger partial charge in [0, 0.05) is 32.6 Å². The molecule has 2 atom stereocenters. The number of nitrogens with zero attached hydrogens (tertiary/aromatic N) is 3. The molecule has 0 saturated heterocycles. The molecule has 7 heteroatoms. The molecule has 2 rings (SSSR count). The minimum absolute atomic E-state index is 0.0156. The third-order valence-electron chi connectivity index (χ3n) is 4.67. The highest BCUT2D eigenvalue weighted by Gasteiger charge is 2.26. The van der Waals surface area contributed by atoms with Crippen molar-refractivity contribution >= 4 is 17.3 Å². The highest BCUT2D eigenvalue weighted by Crippen LogP contribution is 2.27. The van der Waals surface area contributed by atoms with Gasteiger partial charge < -0.3 is 14.9 Å². The van der Waals surface area contributed by atoms with Crippen LogP contribution in [0.1, 0.15) is 25.7 Å². The van der Waals surface area contributed by atoms with E-state index < -0.39 is 4.92 Å². The second kappa shape index (κ2) is 8.10. The topological polar surface area (TPSA) is 86.9 Å². The first-order chi connectivity index (χ1) is 11.4. The Kier molecular flexibility index (Phi) is 6.14. The fourth-order valence-electron chi connectivity index (χ4n) is 3.20. The van der Waals surface area contributed by atoms with Crippen molar-refractivity contribution in [1.82, 2.24) is 4.90 Å². The Bertz CT molecular complexity index is 593. The number of likely N-dealkylation sites (N-methyl/N-ethyl adjacent to an activating group) is 2. The number of benzene rings is 1. The molecule has 1 aliphatic carbocycles. The summed E-state index contributed by atoms with van der Waals surface area (Å²) >= 11 is 0. The number of amides is 1. The lowest BCUT2D eigenvalue weighted by Crippen LogP contribution is -2.42. The molecule has 0 radical (unpaired) electrons. The van der Waals surface area contributed by atoms with Crippen LogP contribution in [-0.4, -0.2) is 54.1 Å². The van der Waals surface area contributed by atoms with Gasteiger partial charge in [-0.25, -0.2) is 0 Å². The minimum Gasteiger partial charge on any atom is -0.393 e. The first-order valence-corrected chi connectivity index (χ1v) is 8.26. The van der Waals surface area contributed by atoms with Crippen molar-refractivity contribution in [2.75, 3.05) is 32.1 Å². The number of aliphatic hydroxyl groups is 1. The summed E-state index contributed by atoms with van der Waals surface area (Å²) in [7, 11) is 3.39. The van der Waals surface area contributed by atoms with Crippen LogP contribution in [0.15, 0.2) is 24.3 Å². The summed E-state index contributed by atoms with van der Waals surface area (Å²) in [5.74, 6) is -0.00232. The zero-order valence-corrected chi connectivity index (χ0v) is 14.2. The first-order valence-electron chi connectivity index (χ1n) is 8.26. The van der Waals surface area contributed by atoms with Gasteiger partial charge in [-0.15, -0.1) is 0 Å². The smallest absolute Gasteiger partial charge is 0.292 e. The maximum Gasteiger partial charge on any atom is 0.292 e. The van der Waals surface area contributed by atoms with E-state index in [1.807, 2.05) is 0 Å². The Hall–Kier alpha value is -2.15. The van der Waals surface area contributed by atoms with E-state index in [2.05, 4.69) is 0 Å². The molecular weight excluding hydrogens is 310 g/mol. The van der Waals surface area contributed by atoms with Crippen LogP contribution in [-0.2, 0) is 4.79 Å². The molecule has 0 aromatic heterocycles. The lowest BCUT2D eigenvalue weighted by molar-refractivity contribution is -0.384. The van der Waals surface area contributed by atoms with E-state index in [4.69, 9.17) is 0 Å². The number of hydrogen-bond acceptors (Lipinski definition) is 5. The van der Waals surface area contributed by atoms with E-state index in [0.29, 0.717) is 12.2 Å². The lowest BCUT2D eigenvalue weighted by Gasteiger charge is -2.32. The highest BCUT2D eigenvalue weighted by atomic mass is 16.6. The van der Waals surface area contributed by atoms with Gasteiger partial charge in [0.1, 0.15) is 5.69 Å². The molecule has 0 spiro atoms. The molecule has 0 aliphatic heterocycles. The van der Waals surface area contributed by atoms with E-state index in [0.717, 1.165) is 25.7 Å². The zero-order valence-electron chi connectivity index (χ0n) is 14.2. The van der Waals surface area contributed by atoms with Crippen LogP contribution in [0, 0.1) is 16.0 Å². The molecule has 1 N–H and O–H groups in total. The third-order valence-corrected chi connectivity index (χ3v) is 4.67. The first kappa shape index (κ1) is 18.2. The zero-order chi connectivity index (χ0) is 17.7. The van der Waals surface area contributed by atoms with Gasteiger partial charge >= 0.3 is 0 Å². The van der Waals surface area contributed by atoms with E-state index in [9.17, 15) is 20.0 Å². The fourth-order valence-corrected chi connectivity index (χ4v) is 3.20. The van der Waals surface area contributed by atoms with E-state index in [1.54, 1.807) is 42.1 Å². The molecule has 1 amide bonds. The molecule has 1 aromatic rings. The van der Waals surface area contributed by atoms with Crippen molar-refractivity contribution in [3.63, 3.8) is 0 Å². The Morgan fingerprint density at radius 2 is 1.96 bits per heavy atom. The van der Waals surface area contributed by atoms with Crippen molar-refractivity contribution in [3.8, 4) is 0 Å². The van der Waals surface area contributed by atoms with E-state index in [-0.39, 0.29) is 30.2 Å². The molecule has 1 aliphatic rings. The van der Waals surface area contributed by atoms with Crippen LogP contribution in [0.2, 0.25) is 0 Å². The van der Waals surface area contributed by atoms with E-state index >= 15 is 0 Å². The molecule has 132 valence electrons. The van der Waals surface area contributed by atoms with Gasteiger partial charge in [-0.05, 0) is 18.9 Å². The predicted octanol–water partition coefficient (Wildman–Crippen LogP) is 2.04. The van der Waals surface area contributed by atoms with Crippen molar-refractivity contribution < 1.29 is 14.8 Å². The number of para-hydroxylation sites is 2. The van der Waals surface area contributed by atoms with Crippen molar-refractivity contribution in [3.05, 3.63) is 34.4 Å². The van der Waals surface area contributed by atoms with Gasteiger partial charge in [0.15, 0.2) is 0 Å². The van der Waals surface area contributed by atoms with Crippen LogP contribution in [0.25, 0.3) is 0 Å². The standard InChI is InChI=1S/C17H25N3O4/c1-18(14-8-4-5-9-15(14)20(23)24)12-17(22)19(2)11-13-7-3-6-10-16(13)21/h4-5,8-9,13,16,21H,3,6-7,10-12H2,1-2H3. The summed E-state index contributed by atoms with van der Waals surface area (Å²) < 4.78 is 0. The Balaban J connectivity index is 1.97. The summed E-state index contributed by atoms with van der Waals surface area (Å²) in [5, 5.41) is 21.1. The summed E-state index contributed by atoms with van der Waals surface area (Å²) in [6.45, 7) is 0.578. The number of rotatable bonds is 6. The SMILES string of the molecule is CN(CC1CCCCC1O)C(=O)CN(C)c1ccccc1[N+](=O)[O-]. The predicted molar refractivity (Wildman–Crippen MR) is 92.0 cm³/mol. The molecule has 24 heavy (non-hydrogen) atoms. The monoisotopic (exact) mass is 335 g/mol. The van der Waals surface area contributed by atoms with Crippen molar-refractivity contribution in [2.45, 2.75) is 31.8 Å². The largest absolute Gasteiger partial charge is 0.393 e. The van der Waals surface area contributed by atoms with Gasteiger partial charge in [-0.2, -0.15) is 0 Å². The van der Waals surface area contributed by atoms with Gasteiger partial charge in [-0.3, -0.25) is 14.9 Å². The summed E-state index contributed by atoms with van der Waals surface area (Å²) in [6.07, 6.45) is 3.50. The molecule has 0 heterocycles. The number of anilines is 1. The van der Waals surface area contributed by atoms with Gasteiger partial charge in [0.05, 0.1) is 17.6 Å². The van der Waals surface area contributed by atoms with Crippen LogP contribution in [0.3, 0.4) is 0 Å². The second-order valence-electron chi connectivity index (χ2n) is 6.49. The number of aliphatic hydroxyl groups excluding tert-OH is 1. The summed E-state index contributed by atoms with van der Waals surface area (Å²) in [5.41, 5.74) is 0.403. The molecule has 1 saturated carbocycles. The molecule has 1 aromatic carbocycles. The number of carbonyl (C=O) groups is 1. The van der Waals surface area contributed by atoms with Crippen LogP contribution >= 0.6 is 0 Å². The number of nitro groups is 1. The Morgan fingerprint density at radius 1 is 1.29 bits per heavy atom. The van der Waals surface area contributed by atoms with Gasteiger partial charge in [0.25, 0.3) is 5.69 Å². The highest BCUT2D eigenvalue weighted by molar-refractivity contribution is 5.82. The van der Waals surface area contributed by atoms with E-state index in [1.165, 1.54) is 6.07 Å². The van der Waals surface area contributed by atoms with Gasteiger partial charge in [0.2, 0.25) is 5.91 Å². The molecular formula is C17H25N3O4. The number of nitro benzene ring substituents is 1. The third kappa shape index (κ3) is 4.44. The Morgan fingerprint density at radius 3 is 2.62 bits per heavy atom. The fraction of sp³-hybridized carbons (Fsp3) is 0.588. The molecule has 0 bridgehead atoms. The van der Waals surface area contributed by atoms with Crippen LogP contribution < -0.4 is 4.90 Å². The molecule has 2 unspecified atom stereocenters. The molecule has 1 fully saturated rings. The maximum absolute atomic E-state index is 12.4. The lowest BCUT2D eigenvalue weighted by atomic mass is 9.86. The molecule has 7 nitrogen and oxygen atoms in total. The number of carbonyl (C=O) groups excluding carboxylic acids is 1. The van der Waals surface area contributed by atoms with Gasteiger partial charge in [-0.1, -0.05) is 25.0 Å². The Labute approximate surface area is 142 Å². The van der Waals surface area contributed by atoms with Crippen LogP contribution in [0.5, 0.6) is 0 Å². The summed E-state index contributed by atoms with van der Waals surface area (Å²) in [4.78, 5) is 26.3. The van der Waals surface area contributed by atoms with Crippen LogP contribution in [0.4, 0.5) is 11.4 Å². The average molecular weight is 335 g/mol. The quantitative estimate of drug-likeness (QED) is 0.635. The van der Waals surface area contributed by atoms with Crippen molar-refractivity contribution in [2.24, 2.45) is 5.92 Å². The van der Waals surface area contributed by atoms with Crippen molar-refractivity contribution in [1.29, 1.82) is 0 Å². The summed E-state index contributed by atoms with van der Waals surface area (Å²) in [6, 6.07) is 6.38. The minimum atomic E-state index is -0.446.